The molecule has 0 bridgehead atoms. The van der Waals surface area contributed by atoms with E-state index in [-0.39, 0.29) is 0 Å². The van der Waals surface area contributed by atoms with Gasteiger partial charge in [0.15, 0.2) is 0 Å². The van der Waals surface area contributed by atoms with E-state index < -0.39 is 0 Å². The van der Waals surface area contributed by atoms with Gasteiger partial charge >= 0.3 is 0 Å². The molecule has 0 heteroatoms. The molecule has 0 aromatic heterocycles. The summed E-state index contributed by atoms with van der Waals surface area (Å²) < 4.78 is 0. The van der Waals surface area contributed by atoms with Gasteiger partial charge in [0.05, 0.1) is 0 Å². The van der Waals surface area contributed by atoms with Crippen molar-refractivity contribution in [2.75, 3.05) is 0 Å². The van der Waals surface area contributed by atoms with E-state index in [0.717, 1.165) is 0 Å². The molecule has 0 heterocycles. The van der Waals surface area contributed by atoms with Gasteiger partial charge in [-0.25, -0.2) is 0 Å². The van der Waals surface area contributed by atoms with Gasteiger partial charge < -0.3 is 0 Å². The van der Waals surface area contributed by atoms with Crippen LogP contribution < -0.4 is 0 Å². The summed E-state index contributed by atoms with van der Waals surface area (Å²) in [5.41, 5.74) is 1.18. The van der Waals surface area contributed by atoms with Crippen LogP contribution in [0.4, 0.5) is 0 Å². The second-order valence-corrected chi connectivity index (χ2v) is 5.54. The van der Waals surface area contributed by atoms with Crippen molar-refractivity contribution in [2.45, 2.75) is 80.1 Å². The summed E-state index contributed by atoms with van der Waals surface area (Å²) in [4.78, 5) is 0. The van der Waals surface area contributed by atoms with Crippen LogP contribution in [0.25, 0.3) is 0 Å². The Morgan fingerprint density at radius 1 is 0.571 bits per heavy atom. The molecular formula is C14H30. The second-order valence-electron chi connectivity index (χ2n) is 5.54. The van der Waals surface area contributed by atoms with E-state index in [9.17, 15) is 0 Å². The van der Waals surface area contributed by atoms with Crippen LogP contribution in [-0.2, 0) is 0 Å². The second kappa shape index (κ2) is 5.78. The van der Waals surface area contributed by atoms with Gasteiger partial charge in [0.1, 0.15) is 0 Å². The summed E-state index contributed by atoms with van der Waals surface area (Å²) in [7, 11) is 0. The zero-order valence-corrected chi connectivity index (χ0v) is 11.2. The molecule has 0 saturated heterocycles. The lowest BCUT2D eigenvalue weighted by Gasteiger charge is -2.33. The van der Waals surface area contributed by atoms with Crippen LogP contribution in [0.1, 0.15) is 80.1 Å². The summed E-state index contributed by atoms with van der Waals surface area (Å²) in [6.45, 7) is 14.2. The maximum atomic E-state index is 2.44. The van der Waals surface area contributed by atoms with Crippen LogP contribution in [0.5, 0.6) is 0 Å². The van der Waals surface area contributed by atoms with Crippen LogP contribution in [0, 0.1) is 10.8 Å². The highest BCUT2D eigenvalue weighted by atomic mass is 14.3. The van der Waals surface area contributed by atoms with Crippen molar-refractivity contribution in [1.82, 2.24) is 0 Å². The maximum Gasteiger partial charge on any atom is -0.0331 e. The molecule has 0 rings (SSSR count). The molecule has 0 atom stereocenters. The Hall–Kier alpha value is 0. The highest BCUT2D eigenvalue weighted by Crippen LogP contribution is 2.39. The highest BCUT2D eigenvalue weighted by molar-refractivity contribution is 4.77. The third kappa shape index (κ3) is 4.02. The Labute approximate surface area is 91.5 Å². The Balaban J connectivity index is 4.14. The van der Waals surface area contributed by atoms with Crippen molar-refractivity contribution in [1.29, 1.82) is 0 Å². The van der Waals surface area contributed by atoms with Crippen molar-refractivity contribution in [3.63, 3.8) is 0 Å². The molecule has 0 unspecified atom stereocenters. The van der Waals surface area contributed by atoms with Gasteiger partial charge in [-0.05, 0) is 23.7 Å². The molecular weight excluding hydrogens is 168 g/mol. The SMILES string of the molecule is CCC(C)(CC)CCC(C)(CC)CC. The fourth-order valence-electron chi connectivity index (χ4n) is 1.81. The Bertz CT molecular complexity index is 120. The van der Waals surface area contributed by atoms with E-state index >= 15 is 0 Å². The summed E-state index contributed by atoms with van der Waals surface area (Å²) in [5, 5.41) is 0. The molecule has 0 saturated carbocycles. The van der Waals surface area contributed by atoms with Gasteiger partial charge in [0, 0.05) is 0 Å². The molecule has 0 aliphatic carbocycles. The lowest BCUT2D eigenvalue weighted by atomic mass is 9.72. The largest absolute Gasteiger partial charge is 0.0649 e. The molecule has 0 amide bonds. The van der Waals surface area contributed by atoms with Crippen LogP contribution in [0.15, 0.2) is 0 Å². The average molecular weight is 198 g/mol. The first kappa shape index (κ1) is 14.0. The van der Waals surface area contributed by atoms with Crippen LogP contribution >= 0.6 is 0 Å². The molecule has 0 N–H and O–H groups in total. The lowest BCUT2D eigenvalue weighted by Crippen LogP contribution is -2.20. The van der Waals surface area contributed by atoms with Gasteiger partial charge in [0.2, 0.25) is 0 Å². The average Bonchev–Trinajstić information content (AvgIpc) is 2.25. The number of hydrogen-bond acceptors (Lipinski definition) is 0. The van der Waals surface area contributed by atoms with E-state index in [1.54, 1.807) is 0 Å². The maximum absolute atomic E-state index is 2.44. The first-order valence-electron chi connectivity index (χ1n) is 6.45. The molecule has 0 aliphatic rings. The van der Waals surface area contributed by atoms with Crippen molar-refractivity contribution < 1.29 is 0 Å². The van der Waals surface area contributed by atoms with Crippen LogP contribution in [-0.4, -0.2) is 0 Å². The van der Waals surface area contributed by atoms with Crippen molar-refractivity contribution >= 4 is 0 Å². The van der Waals surface area contributed by atoms with Crippen LogP contribution in [0.2, 0.25) is 0 Å². The van der Waals surface area contributed by atoms with Crippen LogP contribution in [0.3, 0.4) is 0 Å². The lowest BCUT2D eigenvalue weighted by molar-refractivity contribution is 0.185. The van der Waals surface area contributed by atoms with Crippen molar-refractivity contribution in [3.8, 4) is 0 Å². The minimum atomic E-state index is 0.589. The van der Waals surface area contributed by atoms with Gasteiger partial charge in [-0.15, -0.1) is 0 Å². The fraction of sp³-hybridized carbons (Fsp3) is 1.00. The molecule has 0 aromatic carbocycles. The normalized spacial score (nSPS) is 13.3. The van der Waals surface area contributed by atoms with Crippen molar-refractivity contribution in [2.24, 2.45) is 10.8 Å². The number of rotatable bonds is 7. The molecule has 0 spiro atoms. The van der Waals surface area contributed by atoms with E-state index in [1.807, 2.05) is 0 Å². The quantitative estimate of drug-likeness (QED) is 0.512. The highest BCUT2D eigenvalue weighted by Gasteiger charge is 2.25. The van der Waals surface area contributed by atoms with E-state index in [4.69, 9.17) is 0 Å². The minimum absolute atomic E-state index is 0.589. The van der Waals surface area contributed by atoms with Gasteiger partial charge in [-0.2, -0.15) is 0 Å². The Kier molecular flexibility index (Phi) is 5.78. The standard InChI is InChI=1S/C14H30/c1-7-13(5,8-2)11-12-14(6,9-3)10-4/h7-12H2,1-6H3. The first-order chi connectivity index (χ1) is 6.45. The topological polar surface area (TPSA) is 0 Å². The Morgan fingerprint density at radius 2 is 0.786 bits per heavy atom. The fourth-order valence-corrected chi connectivity index (χ4v) is 1.81. The zero-order valence-electron chi connectivity index (χ0n) is 11.2. The molecule has 0 fully saturated rings. The van der Waals surface area contributed by atoms with E-state index in [0.29, 0.717) is 10.8 Å². The van der Waals surface area contributed by atoms with Gasteiger partial charge in [0.25, 0.3) is 0 Å². The predicted molar refractivity (Wildman–Crippen MR) is 66.6 cm³/mol. The Morgan fingerprint density at radius 3 is 0.929 bits per heavy atom. The van der Waals surface area contributed by atoms with E-state index in [1.165, 1.54) is 38.5 Å². The first-order valence-corrected chi connectivity index (χ1v) is 6.45. The third-order valence-electron chi connectivity index (χ3n) is 4.75. The summed E-state index contributed by atoms with van der Waals surface area (Å²) in [5.74, 6) is 0. The molecule has 0 aromatic rings. The molecule has 0 radical (unpaired) electrons. The van der Waals surface area contributed by atoms with Gasteiger partial charge in [-0.1, -0.05) is 67.2 Å². The summed E-state index contributed by atoms with van der Waals surface area (Å²) in [6.07, 6.45) is 8.11. The van der Waals surface area contributed by atoms with E-state index in [2.05, 4.69) is 41.5 Å². The molecule has 0 nitrogen and oxygen atoms in total. The minimum Gasteiger partial charge on any atom is -0.0649 e. The summed E-state index contributed by atoms with van der Waals surface area (Å²) in [6, 6.07) is 0. The third-order valence-corrected chi connectivity index (χ3v) is 4.75. The van der Waals surface area contributed by atoms with Crippen molar-refractivity contribution in [3.05, 3.63) is 0 Å². The molecule has 86 valence electrons. The molecule has 0 aliphatic heterocycles. The smallest absolute Gasteiger partial charge is 0.0331 e. The van der Waals surface area contributed by atoms with Gasteiger partial charge in [-0.3, -0.25) is 0 Å². The number of hydrogen-bond donors (Lipinski definition) is 0. The zero-order chi connectivity index (χ0) is 11.2. The summed E-state index contributed by atoms with van der Waals surface area (Å²) >= 11 is 0. The molecule has 14 heavy (non-hydrogen) atoms. The monoisotopic (exact) mass is 198 g/mol. The predicted octanol–water partition coefficient (Wildman–Crippen LogP) is 5.42.